The van der Waals surface area contributed by atoms with Crippen molar-refractivity contribution in [2.24, 2.45) is 0 Å². The van der Waals surface area contributed by atoms with E-state index in [1.165, 1.54) is 18.4 Å². The number of carbonyl (C=O) groups excluding carboxylic acids is 1. The molecule has 0 fully saturated rings. The number of thiocarbonyl (C=S) groups is 1. The zero-order chi connectivity index (χ0) is 16.6. The number of fused-ring (bicyclic) bond motifs is 1. The van der Waals surface area contributed by atoms with Crippen LogP contribution in [0.15, 0.2) is 30.6 Å². The standard InChI is InChI=1S/C15H12ClN3O2S2/c1-8-6-17-19(7-8)15(22)18-9-3-4-10-11(5-9)23-13(12(10)16)14(20)21-2/h3-7H,1-2H3,(H,18,22). The number of ether oxygens (including phenoxy) is 1. The fourth-order valence-electron chi connectivity index (χ4n) is 2.07. The molecule has 3 aromatic rings. The van der Waals surface area contributed by atoms with Gasteiger partial charge in [0.2, 0.25) is 0 Å². The minimum Gasteiger partial charge on any atom is -0.465 e. The van der Waals surface area contributed by atoms with Gasteiger partial charge in [0.05, 0.1) is 18.3 Å². The second-order valence-electron chi connectivity index (χ2n) is 4.84. The molecule has 1 N–H and O–H groups in total. The van der Waals surface area contributed by atoms with Gasteiger partial charge in [0.25, 0.3) is 0 Å². The molecular formula is C15H12ClN3O2S2. The summed E-state index contributed by atoms with van der Waals surface area (Å²) >= 11 is 12.8. The Morgan fingerprint density at radius 1 is 1.48 bits per heavy atom. The fraction of sp³-hybridized carbons (Fsp3) is 0.133. The van der Waals surface area contributed by atoms with Crippen LogP contribution in [0.5, 0.6) is 0 Å². The van der Waals surface area contributed by atoms with E-state index in [-0.39, 0.29) is 0 Å². The Labute approximate surface area is 146 Å². The van der Waals surface area contributed by atoms with E-state index >= 15 is 0 Å². The highest BCUT2D eigenvalue weighted by Crippen LogP contribution is 2.37. The van der Waals surface area contributed by atoms with Crippen LogP contribution in [0.25, 0.3) is 10.1 Å². The summed E-state index contributed by atoms with van der Waals surface area (Å²) in [6.07, 6.45) is 3.57. The van der Waals surface area contributed by atoms with Gasteiger partial charge >= 0.3 is 5.97 Å². The van der Waals surface area contributed by atoms with Crippen LogP contribution >= 0.6 is 35.2 Å². The Kier molecular flexibility index (Phi) is 4.34. The SMILES string of the molecule is COC(=O)c1sc2cc(NC(=S)n3cc(C)cn3)ccc2c1Cl. The number of anilines is 1. The highest BCUT2D eigenvalue weighted by atomic mass is 35.5. The number of carbonyl (C=O) groups is 1. The lowest BCUT2D eigenvalue weighted by Crippen LogP contribution is -2.19. The molecule has 0 bridgehead atoms. The molecule has 0 amide bonds. The lowest BCUT2D eigenvalue weighted by molar-refractivity contribution is 0.0606. The van der Waals surface area contributed by atoms with Gasteiger partial charge < -0.3 is 10.1 Å². The fourth-order valence-corrected chi connectivity index (χ4v) is 3.76. The Morgan fingerprint density at radius 3 is 2.91 bits per heavy atom. The first-order valence-electron chi connectivity index (χ1n) is 6.62. The maximum Gasteiger partial charge on any atom is 0.349 e. The van der Waals surface area contributed by atoms with Crippen molar-refractivity contribution in [3.8, 4) is 0 Å². The monoisotopic (exact) mass is 365 g/mol. The summed E-state index contributed by atoms with van der Waals surface area (Å²) in [7, 11) is 1.33. The summed E-state index contributed by atoms with van der Waals surface area (Å²) in [6, 6.07) is 5.59. The van der Waals surface area contributed by atoms with Gasteiger partial charge in [0, 0.05) is 22.0 Å². The number of rotatable bonds is 2. The molecule has 0 atom stereocenters. The molecule has 2 aromatic heterocycles. The molecule has 0 saturated carbocycles. The highest BCUT2D eigenvalue weighted by molar-refractivity contribution is 7.80. The van der Waals surface area contributed by atoms with Crippen LogP contribution in [-0.4, -0.2) is 28.0 Å². The number of hydrogen-bond donors (Lipinski definition) is 1. The first-order valence-corrected chi connectivity index (χ1v) is 8.23. The van der Waals surface area contributed by atoms with E-state index in [4.69, 9.17) is 28.6 Å². The molecule has 0 aliphatic rings. The first kappa shape index (κ1) is 15.9. The van der Waals surface area contributed by atoms with Crippen molar-refractivity contribution in [1.29, 1.82) is 0 Å². The van der Waals surface area contributed by atoms with Crippen molar-refractivity contribution in [3.63, 3.8) is 0 Å². The predicted octanol–water partition coefficient (Wildman–Crippen LogP) is 4.09. The molecule has 3 rings (SSSR count). The number of halogens is 1. The summed E-state index contributed by atoms with van der Waals surface area (Å²) in [5, 5.41) is 8.96. The van der Waals surface area contributed by atoms with Crippen molar-refractivity contribution in [3.05, 3.63) is 46.1 Å². The van der Waals surface area contributed by atoms with Crippen LogP contribution in [0.4, 0.5) is 5.69 Å². The smallest absolute Gasteiger partial charge is 0.349 e. The average Bonchev–Trinajstić information content (AvgIpc) is 3.10. The maximum atomic E-state index is 11.7. The van der Waals surface area contributed by atoms with Crippen LogP contribution in [0.1, 0.15) is 15.2 Å². The molecular weight excluding hydrogens is 354 g/mol. The summed E-state index contributed by atoms with van der Waals surface area (Å²) in [5.41, 5.74) is 1.82. The summed E-state index contributed by atoms with van der Waals surface area (Å²) in [6.45, 7) is 1.94. The Bertz CT molecular complexity index is 917. The predicted molar refractivity (Wildman–Crippen MR) is 96.8 cm³/mol. The highest BCUT2D eigenvalue weighted by Gasteiger charge is 2.17. The van der Waals surface area contributed by atoms with E-state index in [0.717, 1.165) is 21.3 Å². The molecule has 0 radical (unpaired) electrons. The average molecular weight is 366 g/mol. The van der Waals surface area contributed by atoms with Crippen LogP contribution < -0.4 is 5.32 Å². The second kappa shape index (κ2) is 6.27. The summed E-state index contributed by atoms with van der Waals surface area (Å²) < 4.78 is 7.21. The summed E-state index contributed by atoms with van der Waals surface area (Å²) in [5.74, 6) is -0.437. The molecule has 0 aliphatic carbocycles. The van der Waals surface area contributed by atoms with Crippen molar-refractivity contribution >= 4 is 62.0 Å². The quantitative estimate of drug-likeness (QED) is 0.547. The number of nitrogens with one attached hydrogen (secondary N) is 1. The van der Waals surface area contributed by atoms with Crippen molar-refractivity contribution in [2.45, 2.75) is 6.92 Å². The molecule has 0 aliphatic heterocycles. The normalized spacial score (nSPS) is 10.7. The zero-order valence-electron chi connectivity index (χ0n) is 12.3. The number of aromatic nitrogens is 2. The van der Waals surface area contributed by atoms with E-state index in [1.807, 2.05) is 31.3 Å². The minimum atomic E-state index is -0.437. The molecule has 2 heterocycles. The lowest BCUT2D eigenvalue weighted by atomic mass is 10.2. The number of methoxy groups -OCH3 is 1. The Balaban J connectivity index is 1.91. The van der Waals surface area contributed by atoms with Crippen LogP contribution in [-0.2, 0) is 4.74 Å². The molecule has 118 valence electrons. The number of thiophene rings is 1. The van der Waals surface area contributed by atoms with E-state index in [2.05, 4.69) is 10.4 Å². The van der Waals surface area contributed by atoms with Crippen molar-refractivity contribution < 1.29 is 9.53 Å². The number of benzene rings is 1. The number of hydrogen-bond acceptors (Lipinski definition) is 5. The molecule has 0 spiro atoms. The molecule has 5 nitrogen and oxygen atoms in total. The van der Waals surface area contributed by atoms with E-state index < -0.39 is 5.97 Å². The van der Waals surface area contributed by atoms with Crippen molar-refractivity contribution in [2.75, 3.05) is 12.4 Å². The maximum absolute atomic E-state index is 11.7. The third-order valence-corrected chi connectivity index (χ3v) is 5.10. The van der Waals surface area contributed by atoms with Gasteiger partial charge in [-0.3, -0.25) is 0 Å². The molecule has 23 heavy (non-hydrogen) atoms. The lowest BCUT2D eigenvalue weighted by Gasteiger charge is -2.07. The second-order valence-corrected chi connectivity index (χ2v) is 6.66. The van der Waals surface area contributed by atoms with Gasteiger partial charge in [-0.1, -0.05) is 11.6 Å². The Morgan fingerprint density at radius 2 is 2.26 bits per heavy atom. The topological polar surface area (TPSA) is 56.1 Å². The first-order chi connectivity index (χ1) is 11.0. The van der Waals surface area contributed by atoms with Gasteiger partial charge in [0.15, 0.2) is 5.11 Å². The molecule has 8 heteroatoms. The van der Waals surface area contributed by atoms with Gasteiger partial charge in [-0.2, -0.15) is 5.10 Å². The molecule has 0 unspecified atom stereocenters. The van der Waals surface area contributed by atoms with E-state index in [0.29, 0.717) is 15.0 Å². The van der Waals surface area contributed by atoms with Gasteiger partial charge in [-0.05, 0) is 42.9 Å². The van der Waals surface area contributed by atoms with Gasteiger partial charge in [-0.15, -0.1) is 11.3 Å². The molecule has 0 saturated heterocycles. The number of nitrogens with zero attached hydrogens (tertiary/aromatic N) is 2. The number of aryl methyl sites for hydroxylation is 1. The van der Waals surface area contributed by atoms with Crippen molar-refractivity contribution in [1.82, 2.24) is 9.78 Å². The van der Waals surface area contributed by atoms with Crippen LogP contribution in [0.3, 0.4) is 0 Å². The third kappa shape index (κ3) is 3.08. The van der Waals surface area contributed by atoms with E-state index in [9.17, 15) is 4.79 Å². The van der Waals surface area contributed by atoms with Crippen LogP contribution in [0.2, 0.25) is 5.02 Å². The largest absolute Gasteiger partial charge is 0.465 e. The van der Waals surface area contributed by atoms with Gasteiger partial charge in [0.1, 0.15) is 4.88 Å². The third-order valence-electron chi connectivity index (χ3n) is 3.17. The molecule has 1 aromatic carbocycles. The zero-order valence-corrected chi connectivity index (χ0v) is 14.7. The minimum absolute atomic E-state index is 0.395. The van der Waals surface area contributed by atoms with E-state index in [1.54, 1.807) is 10.9 Å². The van der Waals surface area contributed by atoms with Gasteiger partial charge in [-0.25, -0.2) is 9.48 Å². The van der Waals surface area contributed by atoms with Crippen LogP contribution in [0, 0.1) is 6.92 Å². The number of esters is 1. The summed E-state index contributed by atoms with van der Waals surface area (Å²) in [4.78, 5) is 12.1. The Hall–Kier alpha value is -1.96.